The van der Waals surface area contributed by atoms with Gasteiger partial charge in [0, 0.05) is 22.8 Å². The number of rotatable bonds is 5. The van der Waals surface area contributed by atoms with Gasteiger partial charge in [0.1, 0.15) is 11.5 Å². The van der Waals surface area contributed by atoms with Crippen LogP contribution in [0, 0.1) is 20.8 Å². The van der Waals surface area contributed by atoms with E-state index in [-0.39, 0.29) is 5.78 Å². The van der Waals surface area contributed by atoms with E-state index in [4.69, 9.17) is 9.47 Å². The van der Waals surface area contributed by atoms with E-state index in [0.717, 1.165) is 23.0 Å². The van der Waals surface area contributed by atoms with Crippen molar-refractivity contribution in [3.05, 3.63) is 57.6 Å². The van der Waals surface area contributed by atoms with Gasteiger partial charge in [0.05, 0.1) is 14.2 Å². The zero-order valence-electron chi connectivity index (χ0n) is 14.0. The van der Waals surface area contributed by atoms with Crippen molar-refractivity contribution < 1.29 is 19.1 Å². The molecule has 0 spiro atoms. The van der Waals surface area contributed by atoms with Crippen LogP contribution in [0.25, 0.3) is 0 Å². The average Bonchev–Trinajstić information content (AvgIpc) is 2.58. The van der Waals surface area contributed by atoms with E-state index >= 15 is 0 Å². The molecular formula is C19H20O4. The summed E-state index contributed by atoms with van der Waals surface area (Å²) < 4.78 is 10.4. The highest BCUT2D eigenvalue weighted by atomic mass is 16.5. The summed E-state index contributed by atoms with van der Waals surface area (Å²) in [4.78, 5) is 24.4. The number of ether oxygens (including phenoxy) is 2. The molecule has 0 aliphatic rings. The molecule has 4 heteroatoms. The molecule has 0 radical (unpaired) electrons. The first-order chi connectivity index (χ1) is 10.9. The van der Waals surface area contributed by atoms with E-state index in [0.29, 0.717) is 28.2 Å². The maximum Gasteiger partial charge on any atom is 0.194 e. The molecule has 0 saturated carbocycles. The maximum atomic E-state index is 13.0. The van der Waals surface area contributed by atoms with E-state index < -0.39 is 0 Å². The lowest BCUT2D eigenvalue weighted by atomic mass is 9.89. The monoisotopic (exact) mass is 312 g/mol. The van der Waals surface area contributed by atoms with Crippen LogP contribution in [-0.2, 0) is 0 Å². The van der Waals surface area contributed by atoms with Crippen LogP contribution in [0.1, 0.15) is 43.0 Å². The fourth-order valence-electron chi connectivity index (χ4n) is 2.59. The molecule has 0 bridgehead atoms. The number of aldehydes is 1. The van der Waals surface area contributed by atoms with Crippen LogP contribution in [0.2, 0.25) is 0 Å². The summed E-state index contributed by atoms with van der Waals surface area (Å²) in [7, 11) is 3.06. The Balaban J connectivity index is 2.66. The molecule has 120 valence electrons. The van der Waals surface area contributed by atoms with Gasteiger partial charge in [-0.1, -0.05) is 0 Å². The molecule has 0 aliphatic heterocycles. The van der Waals surface area contributed by atoms with Crippen molar-refractivity contribution in [3.8, 4) is 11.5 Å². The molecule has 0 aliphatic carbocycles. The number of ketones is 1. The lowest BCUT2D eigenvalue weighted by molar-refractivity contribution is 0.102. The number of methoxy groups -OCH3 is 2. The SMILES string of the molecule is COc1cc(OC)cc(C(=O)c2c(C=O)cc(C)c(C)c2C)c1. The molecular weight excluding hydrogens is 292 g/mol. The molecule has 2 aromatic rings. The van der Waals surface area contributed by atoms with Crippen molar-refractivity contribution in [2.75, 3.05) is 14.2 Å². The van der Waals surface area contributed by atoms with Crippen LogP contribution in [0.4, 0.5) is 0 Å². The minimum absolute atomic E-state index is 0.218. The van der Waals surface area contributed by atoms with Gasteiger partial charge in [-0.15, -0.1) is 0 Å². The Kier molecular flexibility index (Phi) is 4.84. The number of aryl methyl sites for hydroxylation is 1. The summed E-state index contributed by atoms with van der Waals surface area (Å²) in [5.41, 5.74) is 4.07. The first-order valence-electron chi connectivity index (χ1n) is 7.26. The number of carbonyl (C=O) groups excluding carboxylic acids is 2. The van der Waals surface area contributed by atoms with Gasteiger partial charge >= 0.3 is 0 Å². The first kappa shape index (κ1) is 16.7. The topological polar surface area (TPSA) is 52.6 Å². The quantitative estimate of drug-likeness (QED) is 0.624. The minimum atomic E-state index is -0.218. The summed E-state index contributed by atoms with van der Waals surface area (Å²) >= 11 is 0. The van der Waals surface area contributed by atoms with Crippen molar-refractivity contribution in [1.82, 2.24) is 0 Å². The fourth-order valence-corrected chi connectivity index (χ4v) is 2.59. The van der Waals surface area contributed by atoms with Gasteiger partial charge in [-0.3, -0.25) is 9.59 Å². The summed E-state index contributed by atoms with van der Waals surface area (Å²) in [5, 5.41) is 0. The van der Waals surface area contributed by atoms with Crippen LogP contribution >= 0.6 is 0 Å². The number of hydrogen-bond donors (Lipinski definition) is 0. The Morgan fingerprint density at radius 3 is 1.96 bits per heavy atom. The lowest BCUT2D eigenvalue weighted by Crippen LogP contribution is -2.10. The smallest absolute Gasteiger partial charge is 0.194 e. The average molecular weight is 312 g/mol. The fraction of sp³-hybridized carbons (Fsp3) is 0.263. The van der Waals surface area contributed by atoms with E-state index in [1.807, 2.05) is 20.8 Å². The Labute approximate surface area is 136 Å². The second-order valence-corrected chi connectivity index (χ2v) is 5.46. The van der Waals surface area contributed by atoms with Gasteiger partial charge in [-0.25, -0.2) is 0 Å². The molecule has 4 nitrogen and oxygen atoms in total. The summed E-state index contributed by atoms with van der Waals surface area (Å²) in [6.07, 6.45) is 0.726. The molecule has 0 unspecified atom stereocenters. The van der Waals surface area contributed by atoms with Crippen LogP contribution in [0.5, 0.6) is 11.5 Å². The van der Waals surface area contributed by atoms with Crippen molar-refractivity contribution in [1.29, 1.82) is 0 Å². The second kappa shape index (κ2) is 6.65. The van der Waals surface area contributed by atoms with E-state index in [1.54, 1.807) is 24.3 Å². The van der Waals surface area contributed by atoms with Crippen LogP contribution in [0.15, 0.2) is 24.3 Å². The molecule has 2 rings (SSSR count). The van der Waals surface area contributed by atoms with Gasteiger partial charge in [-0.05, 0) is 55.7 Å². The summed E-state index contributed by atoms with van der Waals surface area (Å²) in [6, 6.07) is 6.74. The van der Waals surface area contributed by atoms with E-state index in [1.165, 1.54) is 14.2 Å². The Morgan fingerprint density at radius 1 is 0.913 bits per heavy atom. The zero-order valence-corrected chi connectivity index (χ0v) is 14.0. The number of carbonyl (C=O) groups is 2. The lowest BCUT2D eigenvalue weighted by Gasteiger charge is -2.14. The van der Waals surface area contributed by atoms with Crippen molar-refractivity contribution in [2.24, 2.45) is 0 Å². The Bertz CT molecular complexity index is 753. The maximum absolute atomic E-state index is 13.0. The van der Waals surface area contributed by atoms with Gasteiger partial charge < -0.3 is 9.47 Å². The minimum Gasteiger partial charge on any atom is -0.497 e. The van der Waals surface area contributed by atoms with Crippen molar-refractivity contribution in [2.45, 2.75) is 20.8 Å². The van der Waals surface area contributed by atoms with Crippen molar-refractivity contribution >= 4 is 12.1 Å². The predicted molar refractivity (Wildman–Crippen MR) is 89.0 cm³/mol. The molecule has 2 aromatic carbocycles. The number of benzene rings is 2. The largest absolute Gasteiger partial charge is 0.497 e. The second-order valence-electron chi connectivity index (χ2n) is 5.46. The predicted octanol–water partition coefficient (Wildman–Crippen LogP) is 3.67. The third kappa shape index (κ3) is 3.11. The summed E-state index contributed by atoms with van der Waals surface area (Å²) in [6.45, 7) is 5.74. The van der Waals surface area contributed by atoms with Crippen molar-refractivity contribution in [3.63, 3.8) is 0 Å². The molecule has 0 amide bonds. The van der Waals surface area contributed by atoms with Crippen LogP contribution < -0.4 is 9.47 Å². The molecule has 0 fully saturated rings. The highest BCUT2D eigenvalue weighted by Crippen LogP contribution is 2.28. The molecule has 0 N–H and O–H groups in total. The Morgan fingerprint density at radius 2 is 1.48 bits per heavy atom. The zero-order chi connectivity index (χ0) is 17.1. The van der Waals surface area contributed by atoms with Gasteiger partial charge in [0.2, 0.25) is 0 Å². The molecule has 0 atom stereocenters. The van der Waals surface area contributed by atoms with Gasteiger partial charge in [-0.2, -0.15) is 0 Å². The highest BCUT2D eigenvalue weighted by molar-refractivity contribution is 6.14. The molecule has 0 saturated heterocycles. The number of hydrogen-bond acceptors (Lipinski definition) is 4. The molecule has 23 heavy (non-hydrogen) atoms. The van der Waals surface area contributed by atoms with E-state index in [9.17, 15) is 9.59 Å². The first-order valence-corrected chi connectivity index (χ1v) is 7.26. The van der Waals surface area contributed by atoms with E-state index in [2.05, 4.69) is 0 Å². The van der Waals surface area contributed by atoms with Gasteiger partial charge in [0.15, 0.2) is 12.1 Å². The third-order valence-corrected chi connectivity index (χ3v) is 4.16. The Hall–Kier alpha value is -2.62. The molecule has 0 aromatic heterocycles. The standard InChI is InChI=1S/C19H20O4/c1-11-6-15(10-20)18(13(3)12(11)2)19(21)14-7-16(22-4)9-17(8-14)23-5/h6-10H,1-5H3. The highest BCUT2D eigenvalue weighted by Gasteiger charge is 2.20. The summed E-state index contributed by atoms with van der Waals surface area (Å²) in [5.74, 6) is 0.841. The molecule has 0 heterocycles. The third-order valence-electron chi connectivity index (χ3n) is 4.16. The van der Waals surface area contributed by atoms with Gasteiger partial charge in [0.25, 0.3) is 0 Å². The normalized spacial score (nSPS) is 10.3. The van der Waals surface area contributed by atoms with Crippen LogP contribution in [0.3, 0.4) is 0 Å². The van der Waals surface area contributed by atoms with Crippen LogP contribution in [-0.4, -0.2) is 26.3 Å².